The minimum absolute atomic E-state index is 0.0562. The van der Waals surface area contributed by atoms with Gasteiger partial charge < -0.3 is 9.73 Å². The molecular weight excluding hydrogens is 180 g/mol. The molecule has 0 aliphatic rings. The van der Waals surface area contributed by atoms with Crippen molar-refractivity contribution in [1.29, 1.82) is 0 Å². The maximum absolute atomic E-state index is 11.3. The Labute approximate surface area is 83.7 Å². The largest absolute Gasteiger partial charge is 0.449 e. The Hall–Kier alpha value is -1.32. The highest BCUT2D eigenvalue weighted by Gasteiger charge is 2.05. The molecule has 0 aromatic carbocycles. The molecule has 0 aliphatic heterocycles. The smallest absolute Gasteiger partial charge is 0.220 e. The lowest BCUT2D eigenvalue weighted by Crippen LogP contribution is -2.30. The zero-order chi connectivity index (χ0) is 10.6. The van der Waals surface area contributed by atoms with Crippen LogP contribution in [0.3, 0.4) is 0 Å². The van der Waals surface area contributed by atoms with Crippen molar-refractivity contribution in [2.24, 2.45) is 0 Å². The van der Waals surface area contributed by atoms with Crippen molar-refractivity contribution in [1.82, 2.24) is 10.3 Å². The van der Waals surface area contributed by atoms with Crippen molar-refractivity contribution in [3.63, 3.8) is 0 Å². The van der Waals surface area contributed by atoms with Crippen molar-refractivity contribution in [3.8, 4) is 0 Å². The summed E-state index contributed by atoms with van der Waals surface area (Å²) in [6, 6.07) is 0.196. The lowest BCUT2D eigenvalue weighted by atomic mass is 10.2. The van der Waals surface area contributed by atoms with Crippen LogP contribution >= 0.6 is 0 Å². The van der Waals surface area contributed by atoms with Gasteiger partial charge in [-0.1, -0.05) is 0 Å². The Balaban J connectivity index is 2.30. The molecule has 0 aliphatic carbocycles. The Morgan fingerprint density at radius 3 is 2.86 bits per heavy atom. The van der Waals surface area contributed by atoms with Crippen LogP contribution in [-0.4, -0.2) is 16.9 Å². The molecule has 78 valence electrons. The molecule has 0 fully saturated rings. The van der Waals surface area contributed by atoms with Gasteiger partial charge in [0.15, 0.2) is 5.89 Å². The maximum Gasteiger partial charge on any atom is 0.220 e. The van der Waals surface area contributed by atoms with Gasteiger partial charge in [-0.2, -0.15) is 0 Å². The molecule has 1 amide bonds. The number of hydrogen-bond acceptors (Lipinski definition) is 3. The van der Waals surface area contributed by atoms with Gasteiger partial charge in [0.05, 0.1) is 5.69 Å². The summed E-state index contributed by atoms with van der Waals surface area (Å²) in [5.41, 5.74) is 0.835. The zero-order valence-electron chi connectivity index (χ0n) is 8.83. The fraction of sp³-hybridized carbons (Fsp3) is 0.600. The van der Waals surface area contributed by atoms with E-state index in [1.54, 1.807) is 13.2 Å². The molecule has 1 heterocycles. The van der Waals surface area contributed by atoms with Crippen molar-refractivity contribution >= 4 is 5.91 Å². The number of aromatic nitrogens is 1. The second kappa shape index (κ2) is 4.79. The van der Waals surface area contributed by atoms with Crippen molar-refractivity contribution in [3.05, 3.63) is 17.8 Å². The molecule has 1 N–H and O–H groups in total. The van der Waals surface area contributed by atoms with Crippen molar-refractivity contribution in [2.75, 3.05) is 0 Å². The second-order valence-electron chi connectivity index (χ2n) is 3.58. The quantitative estimate of drug-likeness (QED) is 0.792. The molecule has 0 atom stereocenters. The standard InChI is InChI=1S/C10H16N2O2/c1-7(2)11-10(13)5-4-9-6-14-8(3)12-9/h6-7H,4-5H2,1-3H3,(H,11,13). The fourth-order valence-electron chi connectivity index (χ4n) is 1.16. The van der Waals surface area contributed by atoms with Crippen LogP contribution in [0.15, 0.2) is 10.7 Å². The first-order chi connectivity index (χ1) is 6.58. The van der Waals surface area contributed by atoms with Gasteiger partial charge in [0.1, 0.15) is 6.26 Å². The van der Waals surface area contributed by atoms with Crippen molar-refractivity contribution in [2.45, 2.75) is 39.7 Å². The molecule has 1 aromatic rings. The van der Waals surface area contributed by atoms with Gasteiger partial charge in [-0.15, -0.1) is 0 Å². The number of rotatable bonds is 4. The third-order valence-corrected chi connectivity index (χ3v) is 1.72. The van der Waals surface area contributed by atoms with Gasteiger partial charge >= 0.3 is 0 Å². The topological polar surface area (TPSA) is 55.1 Å². The van der Waals surface area contributed by atoms with Gasteiger partial charge in [0.25, 0.3) is 0 Å². The first-order valence-corrected chi connectivity index (χ1v) is 4.78. The van der Waals surface area contributed by atoms with E-state index in [1.165, 1.54) is 0 Å². The molecule has 0 spiro atoms. The van der Waals surface area contributed by atoms with Gasteiger partial charge in [-0.25, -0.2) is 4.98 Å². The minimum Gasteiger partial charge on any atom is -0.449 e. The number of oxazole rings is 1. The summed E-state index contributed by atoms with van der Waals surface area (Å²) >= 11 is 0. The van der Waals surface area contributed by atoms with Crippen LogP contribution in [0.1, 0.15) is 31.9 Å². The summed E-state index contributed by atoms with van der Waals surface area (Å²) in [4.78, 5) is 15.4. The summed E-state index contributed by atoms with van der Waals surface area (Å²) < 4.78 is 5.04. The Morgan fingerprint density at radius 1 is 1.64 bits per heavy atom. The summed E-state index contributed by atoms with van der Waals surface area (Å²) in [5, 5.41) is 2.82. The van der Waals surface area contributed by atoms with E-state index in [0.29, 0.717) is 18.7 Å². The number of carbonyl (C=O) groups is 1. The molecule has 1 rings (SSSR count). The molecule has 1 aromatic heterocycles. The van der Waals surface area contributed by atoms with Gasteiger partial charge in [-0.05, 0) is 13.8 Å². The second-order valence-corrected chi connectivity index (χ2v) is 3.58. The van der Waals surface area contributed by atoms with Crippen LogP contribution in [0.2, 0.25) is 0 Å². The van der Waals surface area contributed by atoms with E-state index >= 15 is 0 Å². The molecule has 4 heteroatoms. The zero-order valence-corrected chi connectivity index (χ0v) is 8.83. The van der Waals surface area contributed by atoms with Crippen LogP contribution in [-0.2, 0) is 11.2 Å². The first kappa shape index (κ1) is 10.8. The van der Waals surface area contributed by atoms with E-state index in [2.05, 4.69) is 10.3 Å². The minimum atomic E-state index is 0.0562. The molecule has 0 radical (unpaired) electrons. The third kappa shape index (κ3) is 3.60. The number of nitrogens with one attached hydrogen (secondary N) is 1. The summed E-state index contributed by atoms with van der Waals surface area (Å²) in [5.74, 6) is 0.699. The monoisotopic (exact) mass is 196 g/mol. The van der Waals surface area contributed by atoms with Crippen LogP contribution in [0.25, 0.3) is 0 Å². The molecule has 0 bridgehead atoms. The molecule has 4 nitrogen and oxygen atoms in total. The molecular formula is C10H16N2O2. The predicted molar refractivity (Wildman–Crippen MR) is 52.8 cm³/mol. The Bertz CT molecular complexity index is 305. The normalized spacial score (nSPS) is 10.6. The summed E-state index contributed by atoms with van der Waals surface area (Å²) in [6.45, 7) is 5.67. The third-order valence-electron chi connectivity index (χ3n) is 1.72. The van der Waals surface area contributed by atoms with Crippen LogP contribution in [0.4, 0.5) is 0 Å². The van der Waals surface area contributed by atoms with E-state index in [9.17, 15) is 4.79 Å². The fourth-order valence-corrected chi connectivity index (χ4v) is 1.16. The Kier molecular flexibility index (Phi) is 3.68. The van der Waals surface area contributed by atoms with Crippen LogP contribution < -0.4 is 5.32 Å². The molecule has 0 saturated heterocycles. The maximum atomic E-state index is 11.3. The molecule has 0 saturated carbocycles. The number of aryl methyl sites for hydroxylation is 2. The lowest BCUT2D eigenvalue weighted by molar-refractivity contribution is -0.121. The lowest BCUT2D eigenvalue weighted by Gasteiger charge is -2.06. The van der Waals surface area contributed by atoms with E-state index in [-0.39, 0.29) is 11.9 Å². The molecule has 0 unspecified atom stereocenters. The van der Waals surface area contributed by atoms with E-state index in [1.807, 2.05) is 13.8 Å². The highest BCUT2D eigenvalue weighted by molar-refractivity contribution is 5.76. The SMILES string of the molecule is Cc1nc(CCC(=O)NC(C)C)co1. The van der Waals surface area contributed by atoms with E-state index < -0.39 is 0 Å². The average Bonchev–Trinajstić information content (AvgIpc) is 2.47. The van der Waals surface area contributed by atoms with E-state index in [4.69, 9.17) is 4.42 Å². The van der Waals surface area contributed by atoms with Gasteiger partial charge in [-0.3, -0.25) is 4.79 Å². The number of hydrogen-bond donors (Lipinski definition) is 1. The van der Waals surface area contributed by atoms with E-state index in [0.717, 1.165) is 5.69 Å². The van der Waals surface area contributed by atoms with Crippen molar-refractivity contribution < 1.29 is 9.21 Å². The highest BCUT2D eigenvalue weighted by Crippen LogP contribution is 2.03. The predicted octanol–water partition coefficient (Wildman–Crippen LogP) is 1.44. The number of amides is 1. The van der Waals surface area contributed by atoms with Gasteiger partial charge in [0, 0.05) is 25.8 Å². The summed E-state index contributed by atoms with van der Waals surface area (Å²) in [6.07, 6.45) is 2.69. The summed E-state index contributed by atoms with van der Waals surface area (Å²) in [7, 11) is 0. The number of nitrogens with zero attached hydrogens (tertiary/aromatic N) is 1. The van der Waals surface area contributed by atoms with Crippen LogP contribution in [0.5, 0.6) is 0 Å². The number of carbonyl (C=O) groups excluding carboxylic acids is 1. The Morgan fingerprint density at radius 2 is 2.36 bits per heavy atom. The molecule has 14 heavy (non-hydrogen) atoms. The van der Waals surface area contributed by atoms with Crippen LogP contribution in [0, 0.1) is 6.92 Å². The van der Waals surface area contributed by atoms with Gasteiger partial charge in [0.2, 0.25) is 5.91 Å². The highest BCUT2D eigenvalue weighted by atomic mass is 16.3. The average molecular weight is 196 g/mol. The first-order valence-electron chi connectivity index (χ1n) is 4.78.